The quantitative estimate of drug-likeness (QED) is 0.520. The average Bonchev–Trinajstić information content (AvgIpc) is 2.69. The lowest BCUT2D eigenvalue weighted by Crippen LogP contribution is -2.50. The lowest BCUT2D eigenvalue weighted by atomic mass is 9.62. The van der Waals surface area contributed by atoms with Gasteiger partial charge in [-0.25, -0.2) is 9.59 Å². The summed E-state index contributed by atoms with van der Waals surface area (Å²) in [6.07, 6.45) is -0.958. The second-order valence-electron chi connectivity index (χ2n) is 8.00. The number of carboxylic acids is 2. The van der Waals surface area contributed by atoms with Crippen LogP contribution in [0.5, 0.6) is 0 Å². The van der Waals surface area contributed by atoms with Gasteiger partial charge in [0, 0.05) is 5.41 Å². The number of aliphatic hydroxyl groups is 2. The number of hydrogen-bond donors (Lipinski definition) is 4. The molecule has 0 saturated carbocycles. The highest BCUT2D eigenvalue weighted by Gasteiger charge is 2.45. The van der Waals surface area contributed by atoms with Gasteiger partial charge in [-0.1, -0.05) is 64.1 Å². The van der Waals surface area contributed by atoms with Crippen molar-refractivity contribution in [1.29, 1.82) is 0 Å². The minimum absolute atomic E-state index is 0.271. The van der Waals surface area contributed by atoms with E-state index < -0.39 is 24.1 Å². The normalized spacial score (nSPS) is 12.7. The van der Waals surface area contributed by atoms with Crippen LogP contribution in [0.3, 0.4) is 0 Å². The predicted octanol–water partition coefficient (Wildman–Crippen LogP) is 4.82. The third-order valence-corrected chi connectivity index (χ3v) is 5.49. The van der Waals surface area contributed by atoms with Crippen LogP contribution in [0.15, 0.2) is 60.7 Å². The van der Waals surface area contributed by atoms with Crippen LogP contribution < -0.4 is 0 Å². The highest BCUT2D eigenvalue weighted by molar-refractivity contribution is 5.87. The summed E-state index contributed by atoms with van der Waals surface area (Å²) in [5.74, 6) is -1.22. The topological polar surface area (TPSA) is 115 Å². The first-order chi connectivity index (χ1) is 14.4. The molecule has 172 valence electrons. The molecule has 0 radical (unpaired) electrons. The van der Waals surface area contributed by atoms with Crippen LogP contribution in [0.25, 0.3) is 0 Å². The largest absolute Gasteiger partial charge is 0.478 e. The molecule has 0 amide bonds. The lowest BCUT2D eigenvalue weighted by molar-refractivity contribution is -0.114. The van der Waals surface area contributed by atoms with Gasteiger partial charge in [0.2, 0.25) is 0 Å². The third kappa shape index (κ3) is 8.52. The first-order valence-corrected chi connectivity index (χ1v) is 10.3. The standard InChI is InChI=1S/C11H24O2.2C7H6O2/c1-7(2)11(8(3)4,9(5)12)10(6)13;2*8-7(9)6-4-2-1-3-5-6/h7-10,12-13H,1-6H3;2*1-5H,(H,8,9). The van der Waals surface area contributed by atoms with Crippen LogP contribution in [0.1, 0.15) is 62.3 Å². The van der Waals surface area contributed by atoms with Crippen LogP contribution in [0.4, 0.5) is 0 Å². The highest BCUT2D eigenvalue weighted by atomic mass is 16.4. The molecule has 2 aromatic carbocycles. The van der Waals surface area contributed by atoms with Gasteiger partial charge in [-0.2, -0.15) is 0 Å². The molecule has 0 fully saturated rings. The van der Waals surface area contributed by atoms with Crippen molar-refractivity contribution >= 4 is 11.9 Å². The number of hydrogen-bond acceptors (Lipinski definition) is 4. The van der Waals surface area contributed by atoms with E-state index in [1.54, 1.807) is 74.5 Å². The van der Waals surface area contributed by atoms with Crippen molar-refractivity contribution in [1.82, 2.24) is 0 Å². The Bertz CT molecular complexity index is 680. The monoisotopic (exact) mass is 432 g/mol. The SMILES string of the molecule is CC(C)C(C(C)C)(C(C)O)C(C)O.O=C(O)c1ccccc1.O=C(O)c1ccccc1. The van der Waals surface area contributed by atoms with Gasteiger partial charge in [-0.3, -0.25) is 0 Å². The Hall–Kier alpha value is -2.70. The van der Waals surface area contributed by atoms with Crippen molar-refractivity contribution < 1.29 is 30.0 Å². The molecular formula is C25H36O6. The van der Waals surface area contributed by atoms with Crippen LogP contribution in [0.2, 0.25) is 0 Å². The summed E-state index contributed by atoms with van der Waals surface area (Å²) in [6, 6.07) is 16.6. The summed E-state index contributed by atoms with van der Waals surface area (Å²) in [5.41, 5.74) is 0.273. The van der Waals surface area contributed by atoms with Crippen molar-refractivity contribution in [3.05, 3.63) is 71.8 Å². The van der Waals surface area contributed by atoms with Gasteiger partial charge in [0.05, 0.1) is 23.3 Å². The Labute approximate surface area is 185 Å². The molecule has 4 N–H and O–H groups in total. The maximum Gasteiger partial charge on any atom is 0.335 e. The fraction of sp³-hybridized carbons (Fsp3) is 0.440. The van der Waals surface area contributed by atoms with E-state index in [-0.39, 0.29) is 17.3 Å². The van der Waals surface area contributed by atoms with Gasteiger partial charge in [-0.05, 0) is 49.9 Å². The number of aliphatic hydroxyl groups excluding tert-OH is 2. The summed E-state index contributed by atoms with van der Waals surface area (Å²) in [6.45, 7) is 11.8. The maximum atomic E-state index is 10.2. The molecule has 6 heteroatoms. The molecule has 0 heterocycles. The fourth-order valence-electron chi connectivity index (χ4n) is 4.11. The molecule has 0 saturated heterocycles. The predicted molar refractivity (Wildman–Crippen MR) is 122 cm³/mol. The molecule has 0 aromatic heterocycles. The van der Waals surface area contributed by atoms with E-state index in [0.29, 0.717) is 11.1 Å². The van der Waals surface area contributed by atoms with Gasteiger partial charge >= 0.3 is 11.9 Å². The third-order valence-electron chi connectivity index (χ3n) is 5.49. The molecule has 31 heavy (non-hydrogen) atoms. The molecule has 2 atom stereocenters. The minimum Gasteiger partial charge on any atom is -0.478 e. The number of aromatic carboxylic acids is 2. The highest BCUT2D eigenvalue weighted by Crippen LogP contribution is 2.42. The van der Waals surface area contributed by atoms with Gasteiger partial charge in [0.25, 0.3) is 0 Å². The Morgan fingerprint density at radius 2 is 0.871 bits per heavy atom. The molecule has 0 aliphatic rings. The van der Waals surface area contributed by atoms with Crippen LogP contribution in [-0.4, -0.2) is 44.6 Å². The van der Waals surface area contributed by atoms with Crippen molar-refractivity contribution in [3.8, 4) is 0 Å². The summed E-state index contributed by atoms with van der Waals surface area (Å²) < 4.78 is 0. The second kappa shape index (κ2) is 13.6. The lowest BCUT2D eigenvalue weighted by Gasteiger charge is -2.46. The van der Waals surface area contributed by atoms with Gasteiger partial charge in [0.1, 0.15) is 0 Å². The van der Waals surface area contributed by atoms with Gasteiger partial charge in [-0.15, -0.1) is 0 Å². The number of carboxylic acid groups (broad SMARTS) is 2. The van der Waals surface area contributed by atoms with E-state index in [9.17, 15) is 19.8 Å². The Morgan fingerprint density at radius 3 is 0.968 bits per heavy atom. The molecule has 0 spiro atoms. The molecule has 0 bridgehead atoms. The number of carbonyl (C=O) groups is 2. The van der Waals surface area contributed by atoms with Gasteiger partial charge < -0.3 is 20.4 Å². The number of rotatable bonds is 6. The summed E-state index contributed by atoms with van der Waals surface area (Å²) in [7, 11) is 0. The van der Waals surface area contributed by atoms with Gasteiger partial charge in [0.15, 0.2) is 0 Å². The Balaban J connectivity index is 0.000000445. The first kappa shape index (κ1) is 28.3. The van der Waals surface area contributed by atoms with E-state index in [1.807, 2.05) is 0 Å². The Kier molecular flexibility index (Phi) is 12.4. The molecule has 2 rings (SSSR count). The summed E-state index contributed by atoms with van der Waals surface area (Å²) in [4.78, 5) is 20.4. The average molecular weight is 433 g/mol. The van der Waals surface area contributed by atoms with Crippen molar-refractivity contribution in [2.75, 3.05) is 0 Å². The second-order valence-corrected chi connectivity index (χ2v) is 8.00. The van der Waals surface area contributed by atoms with Crippen molar-refractivity contribution in [2.24, 2.45) is 17.3 Å². The molecule has 0 aliphatic heterocycles. The van der Waals surface area contributed by atoms with Crippen LogP contribution in [-0.2, 0) is 0 Å². The van der Waals surface area contributed by atoms with E-state index in [0.717, 1.165) is 0 Å². The number of benzene rings is 2. The smallest absolute Gasteiger partial charge is 0.335 e. The van der Waals surface area contributed by atoms with E-state index >= 15 is 0 Å². The maximum absolute atomic E-state index is 10.2. The van der Waals surface area contributed by atoms with E-state index in [2.05, 4.69) is 27.7 Å². The first-order valence-electron chi connectivity index (χ1n) is 10.3. The Morgan fingerprint density at radius 1 is 0.613 bits per heavy atom. The fourth-order valence-corrected chi connectivity index (χ4v) is 4.11. The molecule has 6 nitrogen and oxygen atoms in total. The molecule has 2 aromatic rings. The summed E-state index contributed by atoms with van der Waals surface area (Å²) >= 11 is 0. The molecule has 0 aliphatic carbocycles. The van der Waals surface area contributed by atoms with Crippen LogP contribution in [0, 0.1) is 17.3 Å². The van der Waals surface area contributed by atoms with E-state index in [1.165, 1.54) is 0 Å². The molecular weight excluding hydrogens is 396 g/mol. The molecule has 2 unspecified atom stereocenters. The van der Waals surface area contributed by atoms with Crippen molar-refractivity contribution in [3.63, 3.8) is 0 Å². The zero-order chi connectivity index (χ0) is 24.2. The minimum atomic E-state index is -0.879. The van der Waals surface area contributed by atoms with Crippen molar-refractivity contribution in [2.45, 2.75) is 53.8 Å². The zero-order valence-corrected chi connectivity index (χ0v) is 19.2. The van der Waals surface area contributed by atoms with Crippen LogP contribution >= 0.6 is 0 Å². The zero-order valence-electron chi connectivity index (χ0n) is 19.2. The summed E-state index contributed by atoms with van der Waals surface area (Å²) in [5, 5.41) is 36.4. The van der Waals surface area contributed by atoms with E-state index in [4.69, 9.17) is 10.2 Å².